The van der Waals surface area contributed by atoms with Crippen molar-refractivity contribution >= 4 is 66.0 Å². The lowest BCUT2D eigenvalue weighted by Gasteiger charge is -2.37. The van der Waals surface area contributed by atoms with Gasteiger partial charge in [-0.1, -0.05) is 60.7 Å². The van der Waals surface area contributed by atoms with Crippen LogP contribution in [0.1, 0.15) is 27.7 Å². The monoisotopic (exact) mass is 488 g/mol. The smallest absolute Gasteiger partial charge is 0.310 e. The molecule has 0 fully saturated rings. The molecule has 0 radical (unpaired) electrons. The molecule has 0 spiro atoms. The lowest BCUT2D eigenvalue weighted by molar-refractivity contribution is -0.0893. The Bertz CT molecular complexity index is 1760. The number of fused-ring (bicyclic) bond motifs is 5. The Labute approximate surface area is 216 Å². The van der Waals surface area contributed by atoms with E-state index in [9.17, 15) is 5.11 Å². The Hall–Kier alpha value is -3.18. The van der Waals surface area contributed by atoms with Gasteiger partial charge in [0.05, 0.1) is 11.2 Å². The minimum atomic E-state index is -0.941. The third-order valence-electron chi connectivity index (χ3n) is 7.70. The average Bonchev–Trinajstić information content (AvgIpc) is 3.23. The third-order valence-corrected chi connectivity index (χ3v) is 8.84. The van der Waals surface area contributed by atoms with Crippen molar-refractivity contribution in [3.63, 3.8) is 0 Å². The molecule has 4 heteroatoms. The number of benzene rings is 5. The highest BCUT2D eigenvalue weighted by atomic mass is 32.1. The first-order valence-electron chi connectivity index (χ1n) is 12.4. The van der Waals surface area contributed by atoms with Gasteiger partial charge in [0.25, 0.3) is 0 Å². The van der Waals surface area contributed by atoms with Crippen molar-refractivity contribution in [2.75, 3.05) is 0 Å². The van der Waals surface area contributed by atoms with Crippen molar-refractivity contribution < 1.29 is 9.76 Å². The van der Waals surface area contributed by atoms with E-state index in [1.165, 1.54) is 52.8 Å². The Balaban J connectivity index is 1.50. The van der Waals surface area contributed by atoms with Crippen LogP contribution < -0.4 is 5.46 Å². The molecule has 36 heavy (non-hydrogen) atoms. The zero-order chi connectivity index (χ0) is 25.1. The minimum absolute atomic E-state index is 0.449. The van der Waals surface area contributed by atoms with Gasteiger partial charge < -0.3 is 9.76 Å². The first-order valence-corrected chi connectivity index (χ1v) is 13.3. The largest absolute Gasteiger partial charge is 0.427 e. The van der Waals surface area contributed by atoms with E-state index in [2.05, 4.69) is 91.0 Å². The summed E-state index contributed by atoms with van der Waals surface area (Å²) in [4.78, 5) is 0. The van der Waals surface area contributed by atoms with E-state index < -0.39 is 11.2 Å². The Morgan fingerprint density at radius 3 is 2.19 bits per heavy atom. The summed E-state index contributed by atoms with van der Waals surface area (Å²) >= 11 is 1.82. The lowest BCUT2D eigenvalue weighted by atomic mass is 9.80. The zero-order valence-electron chi connectivity index (χ0n) is 21.1. The van der Waals surface area contributed by atoms with Crippen LogP contribution >= 0.6 is 11.3 Å². The molecule has 6 rings (SSSR count). The molecule has 0 aliphatic heterocycles. The highest BCUT2D eigenvalue weighted by Crippen LogP contribution is 2.38. The first-order chi connectivity index (χ1) is 17.2. The average molecular weight is 488 g/mol. The summed E-state index contributed by atoms with van der Waals surface area (Å²) in [5.41, 5.74) is 2.01. The molecule has 0 saturated heterocycles. The van der Waals surface area contributed by atoms with Crippen molar-refractivity contribution in [3.05, 3.63) is 91.0 Å². The van der Waals surface area contributed by atoms with Crippen LogP contribution in [0.5, 0.6) is 0 Å². The van der Waals surface area contributed by atoms with Gasteiger partial charge in [-0.25, -0.2) is 0 Å². The second-order valence-corrected chi connectivity index (χ2v) is 11.8. The van der Waals surface area contributed by atoms with Gasteiger partial charge in [-0.2, -0.15) is 0 Å². The highest BCUT2D eigenvalue weighted by Gasteiger charge is 2.35. The summed E-state index contributed by atoms with van der Waals surface area (Å²) in [6.07, 6.45) is 0. The molecule has 2 nitrogen and oxygen atoms in total. The molecule has 0 aliphatic carbocycles. The summed E-state index contributed by atoms with van der Waals surface area (Å²) in [5.74, 6) is 0. The van der Waals surface area contributed by atoms with Crippen molar-refractivity contribution in [1.29, 1.82) is 0 Å². The molecule has 1 N–H and O–H groups in total. The van der Waals surface area contributed by atoms with Gasteiger partial charge in [-0.3, -0.25) is 0 Å². The fourth-order valence-electron chi connectivity index (χ4n) is 4.84. The van der Waals surface area contributed by atoms with E-state index >= 15 is 0 Å². The highest BCUT2D eigenvalue weighted by molar-refractivity contribution is 7.26. The van der Waals surface area contributed by atoms with E-state index in [0.717, 1.165) is 5.46 Å². The van der Waals surface area contributed by atoms with Crippen molar-refractivity contribution in [3.8, 4) is 11.1 Å². The van der Waals surface area contributed by atoms with E-state index in [-0.39, 0.29) is 0 Å². The standard InChI is InChI=1S/C32H29BO2S/c1-31(2,34)32(3,4)35-33-27-13-8-14-29-30(27)26-19-23(15-16-28(26)36-29)24-12-7-11-22-17-20-9-5-6-10-21(20)18-25(22)24/h5-19,33-34H,1-4H3. The molecule has 0 unspecified atom stereocenters. The van der Waals surface area contributed by atoms with E-state index in [1.54, 1.807) is 13.8 Å². The maximum absolute atomic E-state index is 10.6. The molecule has 6 aromatic rings. The third kappa shape index (κ3) is 3.90. The maximum Gasteiger partial charge on any atom is 0.310 e. The molecule has 0 aliphatic rings. The maximum atomic E-state index is 10.6. The second kappa shape index (κ2) is 8.45. The van der Waals surface area contributed by atoms with Crippen molar-refractivity contribution in [2.24, 2.45) is 0 Å². The van der Waals surface area contributed by atoms with Crippen molar-refractivity contribution in [2.45, 2.75) is 38.9 Å². The summed E-state index contributed by atoms with van der Waals surface area (Å²) in [5, 5.41) is 18.1. The van der Waals surface area contributed by atoms with Gasteiger partial charge in [0.15, 0.2) is 0 Å². The Morgan fingerprint density at radius 1 is 0.694 bits per heavy atom. The fourth-order valence-corrected chi connectivity index (χ4v) is 5.97. The van der Waals surface area contributed by atoms with Crippen LogP contribution in [0.15, 0.2) is 91.0 Å². The van der Waals surface area contributed by atoms with Crippen LogP contribution in [0.3, 0.4) is 0 Å². The van der Waals surface area contributed by atoms with Crippen molar-refractivity contribution in [1.82, 2.24) is 0 Å². The number of rotatable bonds is 5. The molecular weight excluding hydrogens is 459 g/mol. The predicted octanol–water partition coefficient (Wildman–Crippen LogP) is 7.57. The summed E-state index contributed by atoms with van der Waals surface area (Å²) in [6, 6.07) is 33.0. The van der Waals surface area contributed by atoms with Gasteiger partial charge in [0, 0.05) is 14.8 Å². The van der Waals surface area contributed by atoms with Gasteiger partial charge in [0.1, 0.15) is 0 Å². The quantitative estimate of drug-likeness (QED) is 0.200. The molecule has 0 amide bonds. The van der Waals surface area contributed by atoms with Crippen LogP contribution in [0, 0.1) is 0 Å². The lowest BCUT2D eigenvalue weighted by Crippen LogP contribution is -2.49. The van der Waals surface area contributed by atoms with Gasteiger partial charge in [0.2, 0.25) is 0 Å². The molecule has 0 atom stereocenters. The van der Waals surface area contributed by atoms with E-state index in [0.29, 0.717) is 7.48 Å². The predicted molar refractivity (Wildman–Crippen MR) is 158 cm³/mol. The summed E-state index contributed by atoms with van der Waals surface area (Å²) < 4.78 is 8.80. The zero-order valence-corrected chi connectivity index (χ0v) is 21.9. The second-order valence-electron chi connectivity index (χ2n) is 10.7. The van der Waals surface area contributed by atoms with Gasteiger partial charge in [-0.15, -0.1) is 11.3 Å². The SMILES string of the molecule is CC(C)(O)C(C)(C)OBc1cccc2sc3ccc(-c4cccc5cc6ccccc6cc45)cc3c12. The summed E-state index contributed by atoms with van der Waals surface area (Å²) in [7, 11) is 0.449. The van der Waals surface area contributed by atoms with Crippen LogP contribution in [0.25, 0.3) is 52.8 Å². The molecular formula is C32H29BO2S. The molecule has 1 heterocycles. The molecule has 0 saturated carbocycles. The summed E-state index contributed by atoms with van der Waals surface area (Å²) in [6.45, 7) is 7.49. The van der Waals surface area contributed by atoms with E-state index in [4.69, 9.17) is 4.65 Å². The minimum Gasteiger partial charge on any atom is -0.427 e. The van der Waals surface area contributed by atoms with Crippen LogP contribution in [0.2, 0.25) is 0 Å². The van der Waals surface area contributed by atoms with Gasteiger partial charge >= 0.3 is 7.48 Å². The molecule has 0 bridgehead atoms. The topological polar surface area (TPSA) is 29.5 Å². The first kappa shape index (κ1) is 23.2. The fraction of sp³-hybridized carbons (Fsp3) is 0.188. The molecule has 5 aromatic carbocycles. The number of aliphatic hydroxyl groups is 1. The number of thiophene rings is 1. The van der Waals surface area contributed by atoms with Crippen LogP contribution in [0.4, 0.5) is 0 Å². The normalized spacial score (nSPS) is 12.7. The Morgan fingerprint density at radius 2 is 1.42 bits per heavy atom. The number of hydrogen-bond acceptors (Lipinski definition) is 3. The van der Waals surface area contributed by atoms with Crippen LogP contribution in [-0.4, -0.2) is 23.8 Å². The Kier molecular flexibility index (Phi) is 5.45. The van der Waals surface area contributed by atoms with E-state index in [1.807, 2.05) is 25.2 Å². The molecule has 1 aromatic heterocycles. The molecule has 178 valence electrons. The number of hydrogen-bond donors (Lipinski definition) is 1. The van der Waals surface area contributed by atoms with Crippen LogP contribution in [-0.2, 0) is 4.65 Å². The van der Waals surface area contributed by atoms with Gasteiger partial charge in [-0.05, 0) is 102 Å².